The molecule has 1 aromatic rings. The van der Waals surface area contributed by atoms with E-state index in [2.05, 4.69) is 22.6 Å². The number of nitrogens with zero attached hydrogens (tertiary/aromatic N) is 3. The zero-order chi connectivity index (χ0) is 13.0. The van der Waals surface area contributed by atoms with Gasteiger partial charge in [-0.25, -0.2) is 0 Å². The Bertz CT molecular complexity index is 371. The molecule has 18 heavy (non-hydrogen) atoms. The van der Waals surface area contributed by atoms with E-state index in [1.54, 1.807) is 0 Å². The summed E-state index contributed by atoms with van der Waals surface area (Å²) in [4.78, 5) is 0. The Morgan fingerprint density at radius 2 is 2.17 bits per heavy atom. The number of aryl methyl sites for hydroxylation is 1. The molecule has 1 atom stereocenters. The van der Waals surface area contributed by atoms with Crippen molar-refractivity contribution >= 4 is 0 Å². The van der Waals surface area contributed by atoms with Gasteiger partial charge in [0.15, 0.2) is 0 Å². The fourth-order valence-corrected chi connectivity index (χ4v) is 3.08. The van der Waals surface area contributed by atoms with Gasteiger partial charge in [0.05, 0.1) is 23.5 Å². The van der Waals surface area contributed by atoms with Crippen LogP contribution in [0.25, 0.3) is 0 Å². The molecule has 2 rings (SSSR count). The second kappa shape index (κ2) is 5.80. The summed E-state index contributed by atoms with van der Waals surface area (Å²) in [6.07, 6.45) is 7.84. The Balaban J connectivity index is 2.30. The topological polar surface area (TPSA) is 52.0 Å². The van der Waals surface area contributed by atoms with Crippen LogP contribution in [0.4, 0.5) is 0 Å². The van der Waals surface area contributed by atoms with E-state index in [-0.39, 0.29) is 11.6 Å². The highest BCUT2D eigenvalue weighted by Crippen LogP contribution is 2.40. The van der Waals surface area contributed by atoms with Crippen molar-refractivity contribution in [2.45, 2.75) is 50.7 Å². The molecule has 5 nitrogen and oxygen atoms in total. The molecule has 1 unspecified atom stereocenters. The van der Waals surface area contributed by atoms with E-state index in [9.17, 15) is 0 Å². The predicted octanol–water partition coefficient (Wildman–Crippen LogP) is 1.81. The molecule has 0 radical (unpaired) electrons. The summed E-state index contributed by atoms with van der Waals surface area (Å²) in [6.45, 7) is 3.05. The molecular formula is C13H24N4O. The van der Waals surface area contributed by atoms with Crippen molar-refractivity contribution in [2.24, 2.45) is 7.05 Å². The summed E-state index contributed by atoms with van der Waals surface area (Å²) in [5, 5.41) is 11.6. The fourth-order valence-electron chi connectivity index (χ4n) is 3.08. The highest BCUT2D eigenvalue weighted by molar-refractivity contribution is 5.11. The van der Waals surface area contributed by atoms with E-state index < -0.39 is 0 Å². The molecule has 1 heterocycles. The molecule has 1 aromatic heterocycles. The van der Waals surface area contributed by atoms with Gasteiger partial charge in [-0.05, 0) is 19.4 Å². The summed E-state index contributed by atoms with van der Waals surface area (Å²) in [7, 11) is 3.78. The van der Waals surface area contributed by atoms with Crippen LogP contribution in [-0.4, -0.2) is 34.2 Å². The number of rotatable bonds is 5. The van der Waals surface area contributed by atoms with Crippen molar-refractivity contribution < 1.29 is 4.74 Å². The molecule has 1 fully saturated rings. The highest BCUT2D eigenvalue weighted by atomic mass is 16.5. The Labute approximate surface area is 109 Å². The van der Waals surface area contributed by atoms with E-state index in [0.717, 1.165) is 25.1 Å². The first kappa shape index (κ1) is 13.5. The van der Waals surface area contributed by atoms with Crippen molar-refractivity contribution in [3.05, 3.63) is 11.9 Å². The average molecular weight is 252 g/mol. The first-order valence-electron chi connectivity index (χ1n) is 6.86. The third-order valence-electron chi connectivity index (χ3n) is 4.09. The van der Waals surface area contributed by atoms with E-state index in [4.69, 9.17) is 4.74 Å². The minimum Gasteiger partial charge on any atom is -0.376 e. The normalized spacial score (nSPS) is 20.8. The van der Waals surface area contributed by atoms with Gasteiger partial charge in [-0.1, -0.05) is 31.4 Å². The lowest BCUT2D eigenvalue weighted by Crippen LogP contribution is -2.47. The van der Waals surface area contributed by atoms with E-state index >= 15 is 0 Å². The second-order valence-electron chi connectivity index (χ2n) is 5.10. The predicted molar refractivity (Wildman–Crippen MR) is 70.2 cm³/mol. The Morgan fingerprint density at radius 3 is 2.67 bits per heavy atom. The van der Waals surface area contributed by atoms with Crippen LogP contribution in [0.2, 0.25) is 0 Å². The summed E-state index contributed by atoms with van der Waals surface area (Å²) < 4.78 is 7.79. The number of aromatic nitrogens is 3. The summed E-state index contributed by atoms with van der Waals surface area (Å²) in [6, 6.07) is 0.174. The van der Waals surface area contributed by atoms with Gasteiger partial charge < -0.3 is 10.1 Å². The Hall–Kier alpha value is -0.940. The maximum absolute atomic E-state index is 5.94. The third-order valence-corrected chi connectivity index (χ3v) is 4.09. The second-order valence-corrected chi connectivity index (χ2v) is 5.10. The smallest absolute Gasteiger partial charge is 0.0888 e. The number of likely N-dealkylation sites (N-methyl/N-ethyl adjacent to an activating group) is 1. The molecule has 0 aliphatic heterocycles. The minimum atomic E-state index is -0.107. The van der Waals surface area contributed by atoms with Gasteiger partial charge in [0.2, 0.25) is 0 Å². The number of nitrogens with one attached hydrogen (secondary N) is 1. The summed E-state index contributed by atoms with van der Waals surface area (Å²) in [5.41, 5.74) is 1.00. The molecule has 1 aliphatic rings. The minimum absolute atomic E-state index is 0.107. The highest BCUT2D eigenvalue weighted by Gasteiger charge is 2.41. The standard InChI is InChI=1S/C13H24N4O/c1-4-14-12(11-10-15-16-17(11)2)13(18-3)8-6-5-7-9-13/h10,12,14H,4-9H2,1-3H3. The molecule has 1 aliphatic carbocycles. The zero-order valence-electron chi connectivity index (χ0n) is 11.6. The van der Waals surface area contributed by atoms with Crippen molar-refractivity contribution in [1.29, 1.82) is 0 Å². The fraction of sp³-hybridized carbons (Fsp3) is 0.846. The summed E-state index contributed by atoms with van der Waals surface area (Å²) >= 11 is 0. The first-order chi connectivity index (χ1) is 8.73. The largest absolute Gasteiger partial charge is 0.376 e. The van der Waals surface area contributed by atoms with E-state index in [1.807, 2.05) is 25.0 Å². The van der Waals surface area contributed by atoms with Crippen LogP contribution in [0, 0.1) is 0 Å². The Kier molecular flexibility index (Phi) is 4.35. The van der Waals surface area contributed by atoms with Crippen LogP contribution in [0.3, 0.4) is 0 Å². The summed E-state index contributed by atoms with van der Waals surface area (Å²) in [5.74, 6) is 0. The van der Waals surface area contributed by atoms with Gasteiger partial charge in [-0.3, -0.25) is 4.68 Å². The molecule has 1 saturated carbocycles. The molecule has 1 N–H and O–H groups in total. The van der Waals surface area contributed by atoms with Crippen LogP contribution in [0.1, 0.15) is 50.8 Å². The molecule has 0 bridgehead atoms. The number of hydrogen-bond acceptors (Lipinski definition) is 4. The monoisotopic (exact) mass is 252 g/mol. The van der Waals surface area contributed by atoms with Crippen LogP contribution in [0.15, 0.2) is 6.20 Å². The molecule has 0 spiro atoms. The van der Waals surface area contributed by atoms with Gasteiger partial charge in [0, 0.05) is 14.2 Å². The van der Waals surface area contributed by atoms with E-state index in [1.165, 1.54) is 19.3 Å². The number of hydrogen-bond donors (Lipinski definition) is 1. The molecular weight excluding hydrogens is 228 g/mol. The van der Waals surface area contributed by atoms with Gasteiger partial charge in [-0.15, -0.1) is 5.10 Å². The van der Waals surface area contributed by atoms with Gasteiger partial charge in [-0.2, -0.15) is 0 Å². The lowest BCUT2D eigenvalue weighted by atomic mass is 9.78. The lowest BCUT2D eigenvalue weighted by Gasteiger charge is -2.42. The lowest BCUT2D eigenvalue weighted by molar-refractivity contribution is -0.0701. The quantitative estimate of drug-likeness (QED) is 0.868. The Morgan fingerprint density at radius 1 is 1.44 bits per heavy atom. The average Bonchev–Trinajstić information content (AvgIpc) is 2.83. The SMILES string of the molecule is CCNC(c1cnnn1C)C1(OC)CCCCC1. The first-order valence-corrected chi connectivity index (χ1v) is 6.86. The molecule has 0 aromatic carbocycles. The molecule has 0 amide bonds. The van der Waals surface area contributed by atoms with Crippen LogP contribution >= 0.6 is 0 Å². The van der Waals surface area contributed by atoms with Gasteiger partial charge in [0.25, 0.3) is 0 Å². The van der Waals surface area contributed by atoms with Crippen LogP contribution in [0.5, 0.6) is 0 Å². The van der Waals surface area contributed by atoms with Crippen molar-refractivity contribution in [2.75, 3.05) is 13.7 Å². The van der Waals surface area contributed by atoms with Crippen molar-refractivity contribution in [1.82, 2.24) is 20.3 Å². The maximum Gasteiger partial charge on any atom is 0.0888 e. The van der Waals surface area contributed by atoms with Gasteiger partial charge >= 0.3 is 0 Å². The van der Waals surface area contributed by atoms with Crippen LogP contribution < -0.4 is 5.32 Å². The van der Waals surface area contributed by atoms with Gasteiger partial charge in [0.1, 0.15) is 0 Å². The van der Waals surface area contributed by atoms with Crippen molar-refractivity contribution in [3.63, 3.8) is 0 Å². The molecule has 5 heteroatoms. The van der Waals surface area contributed by atoms with E-state index in [0.29, 0.717) is 0 Å². The maximum atomic E-state index is 5.94. The third kappa shape index (κ3) is 2.42. The van der Waals surface area contributed by atoms with Crippen molar-refractivity contribution in [3.8, 4) is 0 Å². The van der Waals surface area contributed by atoms with Crippen LogP contribution in [-0.2, 0) is 11.8 Å². The molecule has 0 saturated heterocycles. The molecule has 102 valence electrons. The number of ether oxygens (including phenoxy) is 1. The zero-order valence-corrected chi connectivity index (χ0v) is 11.6. The number of methoxy groups -OCH3 is 1.